The van der Waals surface area contributed by atoms with Crippen LogP contribution in [0.1, 0.15) is 17.3 Å². The average Bonchev–Trinajstić information content (AvgIpc) is 3.30. The zero-order chi connectivity index (χ0) is 24.0. The van der Waals surface area contributed by atoms with E-state index in [9.17, 15) is 17.2 Å². The number of amidine groups is 1. The van der Waals surface area contributed by atoms with Crippen molar-refractivity contribution in [3.8, 4) is 11.1 Å². The molecule has 0 saturated carbocycles. The lowest BCUT2D eigenvalue weighted by atomic mass is 10.0. The maximum Gasteiger partial charge on any atom is 0.238 e. The molecule has 1 aliphatic heterocycles. The summed E-state index contributed by atoms with van der Waals surface area (Å²) < 4.78 is 57.2. The first kappa shape index (κ1) is 22.0. The second-order valence-electron chi connectivity index (χ2n) is 7.65. The number of furan rings is 1. The predicted octanol–water partition coefficient (Wildman–Crippen LogP) is 4.43. The number of nitrogens with zero attached hydrogens (tertiary/aromatic N) is 2. The number of rotatable bonds is 4. The minimum absolute atomic E-state index is 0.0802. The Morgan fingerprint density at radius 2 is 1.68 bits per heavy atom. The highest BCUT2D eigenvalue weighted by Gasteiger charge is 2.32. The van der Waals surface area contributed by atoms with Crippen molar-refractivity contribution < 1.29 is 21.6 Å². The highest BCUT2D eigenvalue weighted by atomic mass is 32.2. The molecule has 4 aromatic rings. The van der Waals surface area contributed by atoms with Gasteiger partial charge in [-0.1, -0.05) is 36.4 Å². The van der Waals surface area contributed by atoms with Crippen LogP contribution in [0, 0.1) is 11.6 Å². The summed E-state index contributed by atoms with van der Waals surface area (Å²) in [5, 5.41) is 5.30. The lowest BCUT2D eigenvalue weighted by molar-refractivity contribution is 0.511. The van der Waals surface area contributed by atoms with E-state index in [4.69, 9.17) is 15.3 Å². The van der Waals surface area contributed by atoms with Crippen molar-refractivity contribution in [2.75, 3.05) is 4.90 Å². The second-order valence-corrected chi connectivity index (χ2v) is 9.21. The standard InChI is InChI=1S/C24H18F2N4O3S/c25-20-6-2-5-18(21(20)26)14-7-9-16(10-8-14)30-22(27)19-11-12-33-24(19)29-23(30)15-3-1-4-17(13-15)34(28,31)32/h1-13,22H,27H2,(H2,28,31,32). The first-order valence-corrected chi connectivity index (χ1v) is 11.7. The van der Waals surface area contributed by atoms with Gasteiger partial charge in [0.25, 0.3) is 0 Å². The quantitative estimate of drug-likeness (QED) is 0.449. The number of hydrogen-bond acceptors (Lipinski definition) is 6. The molecule has 2 heterocycles. The maximum atomic E-state index is 14.3. The lowest BCUT2D eigenvalue weighted by Gasteiger charge is -2.34. The average molecular weight is 480 g/mol. The fraction of sp³-hybridized carbons (Fsp3) is 0.0417. The van der Waals surface area contributed by atoms with Crippen LogP contribution in [0.3, 0.4) is 0 Å². The van der Waals surface area contributed by atoms with Crippen LogP contribution >= 0.6 is 0 Å². The number of anilines is 1. The topological polar surface area (TPSA) is 115 Å². The predicted molar refractivity (Wildman–Crippen MR) is 124 cm³/mol. The van der Waals surface area contributed by atoms with Crippen molar-refractivity contribution in [3.05, 3.63) is 102 Å². The maximum absolute atomic E-state index is 14.3. The van der Waals surface area contributed by atoms with Gasteiger partial charge in [0.2, 0.25) is 15.9 Å². The van der Waals surface area contributed by atoms with Crippen LogP contribution in [-0.4, -0.2) is 14.3 Å². The summed E-state index contributed by atoms with van der Waals surface area (Å²) >= 11 is 0. The Hall–Kier alpha value is -3.86. The Morgan fingerprint density at radius 3 is 2.41 bits per heavy atom. The van der Waals surface area contributed by atoms with Crippen molar-refractivity contribution >= 4 is 27.4 Å². The van der Waals surface area contributed by atoms with Crippen LogP contribution in [0.15, 0.2) is 93.4 Å². The monoisotopic (exact) mass is 480 g/mol. The van der Waals surface area contributed by atoms with Crippen LogP contribution in [-0.2, 0) is 10.0 Å². The molecular weight excluding hydrogens is 462 g/mol. The SMILES string of the molecule is NC1c2ccoc2N=C(c2cccc(S(N)(=O)=O)c2)N1c1ccc(-c2cccc(F)c2F)cc1. The summed E-state index contributed by atoms with van der Waals surface area (Å²) in [7, 11) is -3.95. The fourth-order valence-electron chi connectivity index (χ4n) is 3.88. The molecule has 10 heteroatoms. The first-order valence-electron chi connectivity index (χ1n) is 10.1. The molecule has 0 radical (unpaired) electrons. The van der Waals surface area contributed by atoms with Crippen molar-refractivity contribution in [2.24, 2.45) is 15.9 Å². The van der Waals surface area contributed by atoms with E-state index in [1.807, 2.05) is 0 Å². The molecule has 4 N–H and O–H groups in total. The van der Waals surface area contributed by atoms with E-state index in [1.54, 1.807) is 47.4 Å². The summed E-state index contributed by atoms with van der Waals surface area (Å²) in [4.78, 5) is 6.18. The van der Waals surface area contributed by atoms with Gasteiger partial charge in [0.05, 0.1) is 16.7 Å². The van der Waals surface area contributed by atoms with Crippen LogP contribution < -0.4 is 15.8 Å². The van der Waals surface area contributed by atoms with E-state index < -0.39 is 27.8 Å². The van der Waals surface area contributed by atoms with E-state index >= 15 is 0 Å². The Kier molecular flexibility index (Phi) is 5.28. The molecule has 7 nitrogen and oxygen atoms in total. The number of aliphatic imine (C=N–C) groups is 1. The number of sulfonamides is 1. The van der Waals surface area contributed by atoms with E-state index in [-0.39, 0.29) is 10.5 Å². The number of primary sulfonamides is 1. The smallest absolute Gasteiger partial charge is 0.238 e. The van der Waals surface area contributed by atoms with Gasteiger partial charge in [0, 0.05) is 16.8 Å². The highest BCUT2D eigenvalue weighted by molar-refractivity contribution is 7.89. The largest absolute Gasteiger partial charge is 0.446 e. The van der Waals surface area contributed by atoms with Crippen LogP contribution in [0.4, 0.5) is 20.4 Å². The Labute approximate surface area is 194 Å². The molecule has 3 aromatic carbocycles. The van der Waals surface area contributed by atoms with Gasteiger partial charge in [-0.15, -0.1) is 0 Å². The zero-order valence-corrected chi connectivity index (χ0v) is 18.3. The second kappa shape index (κ2) is 8.17. The molecule has 0 amide bonds. The van der Waals surface area contributed by atoms with Crippen molar-refractivity contribution in [1.29, 1.82) is 0 Å². The van der Waals surface area contributed by atoms with Gasteiger partial charge in [-0.05, 0) is 42.0 Å². The minimum Gasteiger partial charge on any atom is -0.446 e. The molecule has 1 atom stereocenters. The highest BCUT2D eigenvalue weighted by Crippen LogP contribution is 2.38. The molecule has 5 rings (SSSR count). The fourth-order valence-corrected chi connectivity index (χ4v) is 4.43. The molecule has 0 aliphatic carbocycles. The molecule has 172 valence electrons. The molecule has 1 aliphatic rings. The number of halogens is 2. The van der Waals surface area contributed by atoms with E-state index in [2.05, 4.69) is 4.99 Å². The van der Waals surface area contributed by atoms with Gasteiger partial charge in [-0.3, -0.25) is 0 Å². The minimum atomic E-state index is -3.95. The normalized spacial score (nSPS) is 15.7. The molecule has 1 unspecified atom stereocenters. The molecule has 0 bridgehead atoms. The van der Waals surface area contributed by atoms with Crippen molar-refractivity contribution in [1.82, 2.24) is 0 Å². The molecule has 34 heavy (non-hydrogen) atoms. The van der Waals surface area contributed by atoms with E-state index in [0.29, 0.717) is 34.1 Å². The van der Waals surface area contributed by atoms with Crippen LogP contribution in [0.2, 0.25) is 0 Å². The Morgan fingerprint density at radius 1 is 0.941 bits per heavy atom. The molecular formula is C24H18F2N4O3S. The zero-order valence-electron chi connectivity index (χ0n) is 17.5. The third-order valence-electron chi connectivity index (χ3n) is 5.54. The van der Waals surface area contributed by atoms with Gasteiger partial charge in [0.15, 0.2) is 11.6 Å². The van der Waals surface area contributed by atoms with Gasteiger partial charge in [0.1, 0.15) is 12.0 Å². The number of benzene rings is 3. The van der Waals surface area contributed by atoms with Crippen LogP contribution in [0.5, 0.6) is 0 Å². The number of hydrogen-bond donors (Lipinski definition) is 2. The molecule has 0 spiro atoms. The first-order chi connectivity index (χ1) is 16.2. The summed E-state index contributed by atoms with van der Waals surface area (Å²) in [6.07, 6.45) is 0.752. The summed E-state index contributed by atoms with van der Waals surface area (Å²) in [5.74, 6) is -1.23. The van der Waals surface area contributed by atoms with Gasteiger partial charge in [-0.25, -0.2) is 22.3 Å². The van der Waals surface area contributed by atoms with Crippen molar-refractivity contribution in [3.63, 3.8) is 0 Å². The Bertz CT molecular complexity index is 1530. The third-order valence-corrected chi connectivity index (χ3v) is 6.45. The van der Waals surface area contributed by atoms with Crippen molar-refractivity contribution in [2.45, 2.75) is 11.1 Å². The number of fused-ring (bicyclic) bond motifs is 1. The molecule has 0 saturated heterocycles. The molecule has 1 aromatic heterocycles. The van der Waals surface area contributed by atoms with E-state index in [0.717, 1.165) is 6.07 Å². The Balaban J connectivity index is 1.61. The lowest BCUT2D eigenvalue weighted by Crippen LogP contribution is -2.42. The summed E-state index contributed by atoms with van der Waals surface area (Å²) in [6.45, 7) is 0. The van der Waals surface area contributed by atoms with Gasteiger partial charge in [-0.2, -0.15) is 4.99 Å². The number of nitrogens with two attached hydrogens (primary N) is 2. The summed E-state index contributed by atoms with van der Waals surface area (Å²) in [6, 6.07) is 18.4. The summed E-state index contributed by atoms with van der Waals surface area (Å²) in [5.41, 5.74) is 8.82. The van der Waals surface area contributed by atoms with E-state index in [1.165, 1.54) is 30.5 Å². The van der Waals surface area contributed by atoms with Gasteiger partial charge < -0.3 is 15.1 Å². The third kappa shape index (κ3) is 3.77. The van der Waals surface area contributed by atoms with Gasteiger partial charge >= 0.3 is 0 Å². The molecule has 0 fully saturated rings. The van der Waals surface area contributed by atoms with Crippen LogP contribution in [0.25, 0.3) is 11.1 Å².